The second-order valence-corrected chi connectivity index (χ2v) is 6.41. The van der Waals surface area contributed by atoms with Gasteiger partial charge >= 0.3 is 0 Å². The van der Waals surface area contributed by atoms with E-state index in [-0.39, 0.29) is 11.4 Å². The van der Waals surface area contributed by atoms with Gasteiger partial charge < -0.3 is 4.98 Å². The molecule has 3 aromatic heterocycles. The molecule has 4 aromatic rings. The Hall–Kier alpha value is -2.87. The van der Waals surface area contributed by atoms with Crippen LogP contribution in [0.15, 0.2) is 35.1 Å². The zero-order chi connectivity index (χ0) is 16.7. The molecule has 0 fully saturated rings. The van der Waals surface area contributed by atoms with Crippen LogP contribution in [0, 0.1) is 12.7 Å². The fraction of sp³-hybridized carbons (Fsp3) is 0.125. The monoisotopic (exact) mass is 341 g/mol. The number of benzene rings is 1. The topological polar surface area (TPSA) is 87.3 Å². The highest BCUT2D eigenvalue weighted by Crippen LogP contribution is 2.30. The zero-order valence-corrected chi connectivity index (χ0v) is 13.4. The van der Waals surface area contributed by atoms with Gasteiger partial charge in [0.05, 0.1) is 11.9 Å². The van der Waals surface area contributed by atoms with Gasteiger partial charge in [0.1, 0.15) is 22.2 Å². The molecule has 3 heterocycles. The summed E-state index contributed by atoms with van der Waals surface area (Å²) in [7, 11) is 0. The number of H-pyrrole nitrogens is 2. The summed E-state index contributed by atoms with van der Waals surface area (Å²) in [6.45, 7) is 1.81. The summed E-state index contributed by atoms with van der Waals surface area (Å²) < 4.78 is 13.6. The van der Waals surface area contributed by atoms with Gasteiger partial charge in [-0.3, -0.25) is 9.89 Å². The van der Waals surface area contributed by atoms with Crippen molar-refractivity contribution < 1.29 is 4.39 Å². The van der Waals surface area contributed by atoms with E-state index in [1.165, 1.54) is 23.5 Å². The summed E-state index contributed by atoms with van der Waals surface area (Å²) in [6.07, 6.45) is 0.344. The maximum Gasteiger partial charge on any atom is 0.268 e. The number of halogens is 1. The van der Waals surface area contributed by atoms with Crippen LogP contribution in [0.5, 0.6) is 0 Å². The minimum atomic E-state index is -0.292. The van der Waals surface area contributed by atoms with Gasteiger partial charge in [-0.25, -0.2) is 14.4 Å². The quantitative estimate of drug-likeness (QED) is 0.600. The summed E-state index contributed by atoms with van der Waals surface area (Å²) in [5, 5.41) is 6.81. The van der Waals surface area contributed by atoms with Crippen LogP contribution in [0.1, 0.15) is 17.5 Å². The van der Waals surface area contributed by atoms with Gasteiger partial charge in [-0.05, 0) is 30.7 Å². The van der Waals surface area contributed by atoms with Crippen molar-refractivity contribution in [1.29, 1.82) is 0 Å². The third kappa shape index (κ3) is 2.71. The van der Waals surface area contributed by atoms with Crippen molar-refractivity contribution in [2.45, 2.75) is 13.3 Å². The first-order valence-corrected chi connectivity index (χ1v) is 8.07. The van der Waals surface area contributed by atoms with E-state index in [1.54, 1.807) is 12.1 Å². The lowest BCUT2D eigenvalue weighted by molar-refractivity contribution is 0.628. The Morgan fingerprint density at radius 3 is 2.71 bits per heavy atom. The molecule has 0 saturated heterocycles. The molecule has 120 valence electrons. The number of thiophene rings is 1. The second-order valence-electron chi connectivity index (χ2n) is 5.36. The van der Waals surface area contributed by atoms with Crippen LogP contribution in [-0.2, 0) is 6.42 Å². The van der Waals surface area contributed by atoms with Crippen LogP contribution in [0.25, 0.3) is 20.7 Å². The molecule has 6 nitrogen and oxygen atoms in total. The molecule has 0 unspecified atom stereocenters. The van der Waals surface area contributed by atoms with E-state index < -0.39 is 0 Å². The fourth-order valence-corrected chi connectivity index (χ4v) is 3.44. The van der Waals surface area contributed by atoms with E-state index in [1.807, 2.05) is 13.0 Å². The molecular formula is C16H12FN5OS. The Kier molecular flexibility index (Phi) is 3.46. The van der Waals surface area contributed by atoms with E-state index in [0.29, 0.717) is 34.1 Å². The molecule has 8 heteroatoms. The van der Waals surface area contributed by atoms with Crippen molar-refractivity contribution in [3.8, 4) is 10.4 Å². The fourth-order valence-electron chi connectivity index (χ4n) is 2.45. The Labute approximate surface area is 139 Å². The number of aryl methyl sites for hydroxylation is 1. The molecular weight excluding hydrogens is 329 g/mol. The molecule has 24 heavy (non-hydrogen) atoms. The lowest BCUT2D eigenvalue weighted by Gasteiger charge is -1.96. The number of nitrogens with zero attached hydrogens (tertiary/aromatic N) is 3. The average Bonchev–Trinajstić information content (AvgIpc) is 3.15. The van der Waals surface area contributed by atoms with Crippen molar-refractivity contribution >= 4 is 21.6 Å². The predicted octanol–water partition coefficient (Wildman–Crippen LogP) is 2.81. The van der Waals surface area contributed by atoms with Gasteiger partial charge in [0.15, 0.2) is 5.82 Å². The summed E-state index contributed by atoms with van der Waals surface area (Å²) in [5.41, 5.74) is 1.27. The zero-order valence-electron chi connectivity index (χ0n) is 12.6. The largest absolute Gasteiger partial charge is 0.309 e. The molecule has 1 aromatic carbocycles. The van der Waals surface area contributed by atoms with Crippen LogP contribution in [-0.4, -0.2) is 25.1 Å². The SMILES string of the molecule is Cc1nc(Cc2nc3cc(-c4ccc(F)cc4)sc3c(=O)[nH]2)n[nH]1. The van der Waals surface area contributed by atoms with Gasteiger partial charge in [0.2, 0.25) is 0 Å². The highest BCUT2D eigenvalue weighted by atomic mass is 32.1. The summed E-state index contributed by atoms with van der Waals surface area (Å²) in [5.74, 6) is 1.50. The molecule has 2 N–H and O–H groups in total. The Morgan fingerprint density at radius 2 is 2.00 bits per heavy atom. The highest BCUT2D eigenvalue weighted by molar-refractivity contribution is 7.22. The summed E-state index contributed by atoms with van der Waals surface area (Å²) >= 11 is 1.34. The third-order valence-corrected chi connectivity index (χ3v) is 4.70. The van der Waals surface area contributed by atoms with Crippen LogP contribution in [0.4, 0.5) is 4.39 Å². The Bertz CT molecular complexity index is 1080. The summed E-state index contributed by atoms with van der Waals surface area (Å²) in [6, 6.07) is 8.01. The molecule has 0 amide bonds. The van der Waals surface area contributed by atoms with E-state index >= 15 is 0 Å². The van der Waals surface area contributed by atoms with Gasteiger partial charge in [-0.15, -0.1) is 11.3 Å². The maximum absolute atomic E-state index is 13.1. The first-order valence-electron chi connectivity index (χ1n) is 7.25. The molecule has 0 radical (unpaired) electrons. The molecule has 0 aliphatic rings. The number of hydrogen-bond acceptors (Lipinski definition) is 5. The number of aromatic nitrogens is 5. The van der Waals surface area contributed by atoms with Crippen LogP contribution in [0.2, 0.25) is 0 Å². The van der Waals surface area contributed by atoms with Crippen molar-refractivity contribution in [1.82, 2.24) is 25.1 Å². The normalized spacial score (nSPS) is 11.2. The molecule has 0 atom stereocenters. The predicted molar refractivity (Wildman–Crippen MR) is 89.6 cm³/mol. The Balaban J connectivity index is 1.75. The van der Waals surface area contributed by atoms with Gasteiger partial charge in [-0.1, -0.05) is 12.1 Å². The van der Waals surface area contributed by atoms with Gasteiger partial charge in [0, 0.05) is 4.88 Å². The van der Waals surface area contributed by atoms with Crippen molar-refractivity contribution in [3.05, 3.63) is 64.0 Å². The molecule has 0 aliphatic heterocycles. The molecule has 4 rings (SSSR count). The number of hydrogen-bond donors (Lipinski definition) is 2. The first-order chi connectivity index (χ1) is 11.6. The van der Waals surface area contributed by atoms with Crippen LogP contribution in [0.3, 0.4) is 0 Å². The van der Waals surface area contributed by atoms with Crippen molar-refractivity contribution in [2.24, 2.45) is 0 Å². The number of rotatable bonds is 3. The molecule has 0 spiro atoms. The molecule has 0 aliphatic carbocycles. The highest BCUT2D eigenvalue weighted by Gasteiger charge is 2.12. The smallest absolute Gasteiger partial charge is 0.268 e. The van der Waals surface area contributed by atoms with Crippen LogP contribution >= 0.6 is 11.3 Å². The standard InChI is InChI=1S/C16H12FN5OS/c1-8-18-14(22-21-8)7-13-19-11-6-12(24-15(11)16(23)20-13)9-2-4-10(17)5-3-9/h2-6H,7H2,1H3,(H,18,21,22)(H,19,20,23). The minimum Gasteiger partial charge on any atom is -0.309 e. The minimum absolute atomic E-state index is 0.194. The van der Waals surface area contributed by atoms with Crippen LogP contribution < -0.4 is 5.56 Å². The van der Waals surface area contributed by atoms with Gasteiger partial charge in [0.25, 0.3) is 5.56 Å². The van der Waals surface area contributed by atoms with E-state index in [2.05, 4.69) is 25.1 Å². The number of aromatic amines is 2. The van der Waals surface area contributed by atoms with E-state index in [0.717, 1.165) is 10.4 Å². The Morgan fingerprint density at radius 1 is 1.21 bits per heavy atom. The number of fused-ring (bicyclic) bond motifs is 1. The van der Waals surface area contributed by atoms with Gasteiger partial charge in [-0.2, -0.15) is 5.10 Å². The lowest BCUT2D eigenvalue weighted by Crippen LogP contribution is -2.11. The van der Waals surface area contributed by atoms with E-state index in [9.17, 15) is 9.18 Å². The average molecular weight is 341 g/mol. The molecule has 0 bridgehead atoms. The first kappa shape index (κ1) is 14.7. The third-order valence-electron chi connectivity index (χ3n) is 3.53. The maximum atomic E-state index is 13.1. The summed E-state index contributed by atoms with van der Waals surface area (Å²) in [4.78, 5) is 24.6. The second kappa shape index (κ2) is 5.64. The number of nitrogens with one attached hydrogen (secondary N) is 2. The molecule has 0 saturated carbocycles. The van der Waals surface area contributed by atoms with Crippen molar-refractivity contribution in [3.63, 3.8) is 0 Å². The lowest BCUT2D eigenvalue weighted by atomic mass is 10.2. The van der Waals surface area contributed by atoms with E-state index in [4.69, 9.17) is 0 Å². The van der Waals surface area contributed by atoms with Crippen molar-refractivity contribution in [2.75, 3.05) is 0 Å².